The summed E-state index contributed by atoms with van der Waals surface area (Å²) in [7, 11) is -3.95. The lowest BCUT2D eigenvalue weighted by Gasteiger charge is -2.33. The van der Waals surface area contributed by atoms with Gasteiger partial charge in [0.15, 0.2) is 0 Å². The van der Waals surface area contributed by atoms with Gasteiger partial charge in [-0.1, -0.05) is 37.3 Å². The van der Waals surface area contributed by atoms with Crippen LogP contribution in [0.15, 0.2) is 53.4 Å². The van der Waals surface area contributed by atoms with Crippen LogP contribution in [-0.4, -0.2) is 50.3 Å². The van der Waals surface area contributed by atoms with Gasteiger partial charge in [-0.2, -0.15) is 4.72 Å². The van der Waals surface area contributed by atoms with Crippen molar-refractivity contribution in [2.75, 3.05) is 18.0 Å². The highest BCUT2D eigenvalue weighted by atomic mass is 32.2. The highest BCUT2D eigenvalue weighted by molar-refractivity contribution is 7.89. The van der Waals surface area contributed by atoms with Gasteiger partial charge in [-0.15, -0.1) is 0 Å². The van der Waals surface area contributed by atoms with E-state index < -0.39 is 16.1 Å². The van der Waals surface area contributed by atoms with E-state index in [4.69, 9.17) is 0 Å². The number of amides is 2. The fourth-order valence-electron chi connectivity index (χ4n) is 5.15. The Morgan fingerprint density at radius 3 is 2.53 bits per heavy atom. The molecule has 2 aromatic carbocycles. The van der Waals surface area contributed by atoms with E-state index in [1.807, 2.05) is 37.3 Å². The molecule has 0 aromatic heterocycles. The minimum Gasteiger partial charge on any atom is -0.341 e. The van der Waals surface area contributed by atoms with Crippen LogP contribution in [0.1, 0.15) is 44.7 Å². The van der Waals surface area contributed by atoms with E-state index in [2.05, 4.69) is 11.6 Å². The summed E-state index contributed by atoms with van der Waals surface area (Å²) in [6, 6.07) is 13.4. The molecule has 3 atom stereocenters. The molecule has 2 aromatic rings. The molecular weight excluding hydrogens is 450 g/mol. The summed E-state index contributed by atoms with van der Waals surface area (Å²) in [6.45, 7) is 6.87. The first kappa shape index (κ1) is 24.4. The number of hydrogen-bond donors (Lipinski definition) is 1. The quantitative estimate of drug-likeness (QED) is 0.684. The average molecular weight is 484 g/mol. The van der Waals surface area contributed by atoms with Crippen LogP contribution in [-0.2, 0) is 32.5 Å². The van der Waals surface area contributed by atoms with E-state index in [1.165, 1.54) is 13.0 Å². The van der Waals surface area contributed by atoms with Crippen molar-refractivity contribution in [3.8, 4) is 0 Å². The number of fused-ring (bicyclic) bond motifs is 1. The molecule has 2 amide bonds. The second-order valence-electron chi connectivity index (χ2n) is 9.63. The van der Waals surface area contributed by atoms with Crippen LogP contribution in [0.2, 0.25) is 0 Å². The van der Waals surface area contributed by atoms with Crippen LogP contribution in [0.5, 0.6) is 0 Å². The van der Waals surface area contributed by atoms with E-state index in [9.17, 15) is 18.0 Å². The molecule has 3 unspecified atom stereocenters. The van der Waals surface area contributed by atoms with Crippen LogP contribution in [0.25, 0.3) is 0 Å². The summed E-state index contributed by atoms with van der Waals surface area (Å²) in [4.78, 5) is 29.1. The third kappa shape index (κ3) is 5.18. The molecule has 182 valence electrons. The Morgan fingerprint density at radius 1 is 1.12 bits per heavy atom. The van der Waals surface area contributed by atoms with E-state index in [0.717, 1.165) is 29.7 Å². The van der Waals surface area contributed by atoms with Gasteiger partial charge in [0.25, 0.3) is 0 Å². The largest absolute Gasteiger partial charge is 0.341 e. The number of nitrogens with one attached hydrogen (secondary N) is 1. The topological polar surface area (TPSA) is 86.8 Å². The number of benzene rings is 2. The number of piperidine rings is 1. The highest BCUT2D eigenvalue weighted by Gasteiger charge is 2.33. The van der Waals surface area contributed by atoms with Crippen molar-refractivity contribution >= 4 is 27.5 Å². The minimum atomic E-state index is -3.95. The second-order valence-corrected chi connectivity index (χ2v) is 11.3. The summed E-state index contributed by atoms with van der Waals surface area (Å²) in [5, 5.41) is 0. The summed E-state index contributed by atoms with van der Waals surface area (Å²) >= 11 is 0. The lowest BCUT2D eigenvalue weighted by molar-refractivity contribution is -0.134. The Kier molecular flexibility index (Phi) is 7.09. The monoisotopic (exact) mass is 483 g/mol. The van der Waals surface area contributed by atoms with Gasteiger partial charge in [-0.05, 0) is 67.9 Å². The zero-order valence-corrected chi connectivity index (χ0v) is 20.8. The molecule has 0 spiro atoms. The summed E-state index contributed by atoms with van der Waals surface area (Å²) in [5.74, 6) is 0.149. The fraction of sp³-hybridized carbons (Fsp3) is 0.462. The van der Waals surface area contributed by atoms with Crippen molar-refractivity contribution in [1.29, 1.82) is 0 Å². The van der Waals surface area contributed by atoms with E-state index in [1.54, 1.807) is 21.9 Å². The van der Waals surface area contributed by atoms with Gasteiger partial charge in [0.2, 0.25) is 21.8 Å². The molecule has 1 fully saturated rings. The minimum absolute atomic E-state index is 0.0214. The van der Waals surface area contributed by atoms with Gasteiger partial charge in [-0.25, -0.2) is 8.42 Å². The van der Waals surface area contributed by atoms with E-state index in [-0.39, 0.29) is 29.2 Å². The van der Waals surface area contributed by atoms with Crippen LogP contribution in [0.4, 0.5) is 5.69 Å². The summed E-state index contributed by atoms with van der Waals surface area (Å²) in [5.41, 5.74) is 2.47. The predicted octanol–water partition coefficient (Wildman–Crippen LogP) is 3.13. The first-order valence-electron chi connectivity index (χ1n) is 11.9. The number of likely N-dealkylation sites (tertiary alicyclic amines) is 1. The molecule has 0 radical (unpaired) electrons. The van der Waals surface area contributed by atoms with Crippen LogP contribution >= 0.6 is 0 Å². The maximum Gasteiger partial charge on any atom is 0.241 e. The predicted molar refractivity (Wildman–Crippen MR) is 132 cm³/mol. The SMILES string of the molecule is CC(=O)N1c2ccc(S(=O)(=O)NC(Cc3ccccc3)C(=O)N3CCCC(C)C3)cc2CC1C. The van der Waals surface area contributed by atoms with Crippen molar-refractivity contribution in [3.63, 3.8) is 0 Å². The standard InChI is InChI=1S/C26H33N3O4S/c1-18-8-7-13-28(17-18)26(31)24(15-21-9-5-4-6-10-21)27-34(32,33)23-11-12-25-22(16-23)14-19(2)29(25)20(3)30/h4-6,9-12,16,18-19,24,27H,7-8,13-15,17H2,1-3H3. The number of rotatable bonds is 6. The number of carbonyl (C=O) groups is 2. The average Bonchev–Trinajstić information content (AvgIpc) is 3.14. The fourth-order valence-corrected chi connectivity index (χ4v) is 6.39. The zero-order valence-electron chi connectivity index (χ0n) is 20.0. The first-order valence-corrected chi connectivity index (χ1v) is 13.4. The normalized spacial score (nSPS) is 21.3. The molecule has 1 N–H and O–H groups in total. The van der Waals surface area contributed by atoms with Crippen LogP contribution in [0.3, 0.4) is 0 Å². The van der Waals surface area contributed by atoms with Crippen LogP contribution < -0.4 is 9.62 Å². The maximum atomic E-state index is 13.5. The van der Waals surface area contributed by atoms with Crippen LogP contribution in [0, 0.1) is 5.92 Å². The van der Waals surface area contributed by atoms with Crippen molar-refractivity contribution < 1.29 is 18.0 Å². The van der Waals surface area contributed by atoms with Crippen molar-refractivity contribution in [1.82, 2.24) is 9.62 Å². The van der Waals surface area contributed by atoms with Crippen molar-refractivity contribution in [2.45, 2.75) is 63.4 Å². The van der Waals surface area contributed by atoms with E-state index >= 15 is 0 Å². The number of anilines is 1. The molecular formula is C26H33N3O4S. The molecule has 2 aliphatic rings. The third-order valence-electron chi connectivity index (χ3n) is 6.76. The van der Waals surface area contributed by atoms with Gasteiger partial charge in [0.1, 0.15) is 6.04 Å². The lowest BCUT2D eigenvalue weighted by Crippen LogP contribution is -2.52. The molecule has 8 heteroatoms. The molecule has 34 heavy (non-hydrogen) atoms. The molecule has 7 nitrogen and oxygen atoms in total. The Morgan fingerprint density at radius 2 is 1.85 bits per heavy atom. The van der Waals surface area contributed by atoms with Crippen molar-refractivity contribution in [2.24, 2.45) is 5.92 Å². The zero-order chi connectivity index (χ0) is 24.5. The molecule has 2 aliphatic heterocycles. The Hall–Kier alpha value is -2.71. The number of hydrogen-bond acceptors (Lipinski definition) is 4. The van der Waals surface area contributed by atoms with Gasteiger partial charge >= 0.3 is 0 Å². The van der Waals surface area contributed by atoms with Gasteiger partial charge in [0, 0.05) is 31.7 Å². The second kappa shape index (κ2) is 9.88. The molecule has 0 aliphatic carbocycles. The third-order valence-corrected chi connectivity index (χ3v) is 8.23. The molecule has 0 saturated carbocycles. The number of carbonyl (C=O) groups excluding carboxylic acids is 2. The van der Waals surface area contributed by atoms with E-state index in [0.29, 0.717) is 25.4 Å². The molecule has 2 heterocycles. The summed E-state index contributed by atoms with van der Waals surface area (Å²) in [6.07, 6.45) is 2.87. The van der Waals surface area contributed by atoms with Gasteiger partial charge in [0.05, 0.1) is 4.90 Å². The smallest absolute Gasteiger partial charge is 0.241 e. The molecule has 1 saturated heterocycles. The molecule has 0 bridgehead atoms. The molecule has 4 rings (SSSR count). The summed E-state index contributed by atoms with van der Waals surface area (Å²) < 4.78 is 29.5. The van der Waals surface area contributed by atoms with Gasteiger partial charge in [-0.3, -0.25) is 9.59 Å². The Balaban J connectivity index is 1.60. The number of sulfonamides is 1. The van der Waals surface area contributed by atoms with Gasteiger partial charge < -0.3 is 9.80 Å². The Labute approximate surface area is 202 Å². The number of nitrogens with zero attached hydrogens (tertiary/aromatic N) is 2. The Bertz CT molecular complexity index is 1170. The highest BCUT2D eigenvalue weighted by Crippen LogP contribution is 2.34. The first-order chi connectivity index (χ1) is 16.2. The lowest BCUT2D eigenvalue weighted by atomic mass is 9.98. The maximum absolute atomic E-state index is 13.5. The van der Waals surface area contributed by atoms with Crippen molar-refractivity contribution in [3.05, 3.63) is 59.7 Å².